The summed E-state index contributed by atoms with van der Waals surface area (Å²) in [6, 6.07) is 10.7. The van der Waals surface area contributed by atoms with Crippen LogP contribution in [0.1, 0.15) is 21.5 Å². The van der Waals surface area contributed by atoms with E-state index in [1.54, 1.807) is 24.4 Å². The van der Waals surface area contributed by atoms with Crippen molar-refractivity contribution >= 4 is 22.0 Å². The summed E-state index contributed by atoms with van der Waals surface area (Å²) in [6.45, 7) is 1.94. The molecule has 0 bridgehead atoms. The Morgan fingerprint density at radius 3 is 2.68 bits per heavy atom. The molecule has 0 amide bonds. The molecule has 0 aliphatic rings. The van der Waals surface area contributed by atoms with Crippen LogP contribution in [0, 0.1) is 6.92 Å². The van der Waals surface area contributed by atoms with E-state index in [9.17, 15) is 18.3 Å². The highest BCUT2D eigenvalue weighted by Crippen LogP contribution is 2.19. The number of aromatic carboxylic acids is 1. The molecular weight excluding hydrogens is 382 g/mol. The number of pyridine rings is 1. The summed E-state index contributed by atoms with van der Waals surface area (Å²) in [5, 5.41) is 9.31. The number of aromatic nitrogens is 3. The molecule has 3 aromatic rings. The van der Waals surface area contributed by atoms with Crippen molar-refractivity contribution in [2.75, 3.05) is 4.72 Å². The van der Waals surface area contributed by atoms with Gasteiger partial charge in [-0.1, -0.05) is 29.8 Å². The van der Waals surface area contributed by atoms with Crippen LogP contribution < -0.4 is 9.44 Å². The summed E-state index contributed by atoms with van der Waals surface area (Å²) in [7, 11) is -4.07. The summed E-state index contributed by atoms with van der Waals surface area (Å²) < 4.78 is 29.3. The molecule has 10 heteroatoms. The molecule has 0 radical (unpaired) electrons. The third-order valence-corrected chi connectivity index (χ3v) is 4.71. The van der Waals surface area contributed by atoms with Gasteiger partial charge in [0.2, 0.25) is 0 Å². The van der Waals surface area contributed by atoms with Gasteiger partial charge in [-0.05, 0) is 24.6 Å². The fourth-order valence-corrected chi connectivity index (χ4v) is 3.25. The van der Waals surface area contributed by atoms with Gasteiger partial charge in [0, 0.05) is 30.7 Å². The molecular formula is C18H17N5O4S. The Balaban J connectivity index is 1.85. The van der Waals surface area contributed by atoms with Crippen LogP contribution in [0.25, 0.3) is 11.4 Å². The number of carboxylic acid groups (broad SMARTS) is 1. The van der Waals surface area contributed by atoms with Crippen molar-refractivity contribution in [3.63, 3.8) is 0 Å². The van der Waals surface area contributed by atoms with Crippen LogP contribution in [-0.2, 0) is 16.8 Å². The van der Waals surface area contributed by atoms with E-state index in [2.05, 4.69) is 24.4 Å². The van der Waals surface area contributed by atoms with E-state index in [1.165, 1.54) is 6.20 Å². The number of carboxylic acids is 1. The number of nitrogens with one attached hydrogen (secondary N) is 2. The van der Waals surface area contributed by atoms with E-state index in [1.807, 2.05) is 25.1 Å². The molecule has 0 saturated carbocycles. The van der Waals surface area contributed by atoms with Crippen molar-refractivity contribution in [1.82, 2.24) is 19.7 Å². The highest BCUT2D eigenvalue weighted by atomic mass is 32.2. The zero-order valence-electron chi connectivity index (χ0n) is 14.8. The summed E-state index contributed by atoms with van der Waals surface area (Å²) >= 11 is 0. The lowest BCUT2D eigenvalue weighted by molar-refractivity contribution is 0.0697. The number of carbonyl (C=O) groups is 1. The second kappa shape index (κ2) is 8.11. The minimum atomic E-state index is -4.07. The van der Waals surface area contributed by atoms with Crippen molar-refractivity contribution < 1.29 is 18.3 Å². The maximum Gasteiger partial charge on any atom is 0.341 e. The first-order valence-electron chi connectivity index (χ1n) is 8.18. The number of benzene rings is 1. The van der Waals surface area contributed by atoms with Crippen LogP contribution in [0.15, 0.2) is 55.0 Å². The third kappa shape index (κ3) is 4.87. The maximum absolute atomic E-state index is 12.4. The Morgan fingerprint density at radius 2 is 2.00 bits per heavy atom. The Kier molecular flexibility index (Phi) is 5.62. The van der Waals surface area contributed by atoms with Gasteiger partial charge in [0.15, 0.2) is 11.6 Å². The first kappa shape index (κ1) is 19.4. The number of hydrogen-bond donors (Lipinski definition) is 3. The molecule has 0 saturated heterocycles. The summed E-state index contributed by atoms with van der Waals surface area (Å²) in [5.74, 6) is -1.54. The molecule has 144 valence electrons. The highest BCUT2D eigenvalue weighted by Gasteiger charge is 2.19. The molecule has 3 N–H and O–H groups in total. The molecule has 9 nitrogen and oxygen atoms in total. The molecule has 0 atom stereocenters. The van der Waals surface area contributed by atoms with Gasteiger partial charge in [-0.2, -0.15) is 13.1 Å². The minimum Gasteiger partial charge on any atom is -0.477 e. The van der Waals surface area contributed by atoms with Gasteiger partial charge in [0.25, 0.3) is 0 Å². The van der Waals surface area contributed by atoms with Gasteiger partial charge < -0.3 is 5.11 Å². The zero-order valence-corrected chi connectivity index (χ0v) is 15.6. The van der Waals surface area contributed by atoms with Crippen molar-refractivity contribution in [2.45, 2.75) is 13.5 Å². The first-order valence-corrected chi connectivity index (χ1v) is 9.66. The number of aryl methyl sites for hydroxylation is 1. The number of anilines is 1. The number of hydrogen-bond acceptors (Lipinski definition) is 6. The first-order chi connectivity index (χ1) is 13.3. The van der Waals surface area contributed by atoms with E-state index in [0.717, 1.165) is 17.3 Å². The van der Waals surface area contributed by atoms with Gasteiger partial charge in [-0.25, -0.2) is 14.8 Å². The fourth-order valence-electron chi connectivity index (χ4n) is 2.41. The molecule has 0 aliphatic heterocycles. The number of rotatable bonds is 7. The molecule has 0 spiro atoms. The molecule has 0 fully saturated rings. The van der Waals surface area contributed by atoms with Crippen molar-refractivity contribution in [2.24, 2.45) is 0 Å². The van der Waals surface area contributed by atoms with Gasteiger partial charge in [0.1, 0.15) is 5.56 Å². The second-order valence-electron chi connectivity index (χ2n) is 5.92. The lowest BCUT2D eigenvalue weighted by atomic mass is 10.1. The molecule has 3 rings (SSSR count). The average Bonchev–Trinajstić information content (AvgIpc) is 2.67. The van der Waals surface area contributed by atoms with Gasteiger partial charge in [0.05, 0.1) is 0 Å². The average molecular weight is 399 g/mol. The van der Waals surface area contributed by atoms with Crippen molar-refractivity contribution in [1.29, 1.82) is 0 Å². The van der Waals surface area contributed by atoms with Crippen molar-refractivity contribution in [3.05, 3.63) is 71.7 Å². The summed E-state index contributed by atoms with van der Waals surface area (Å²) in [6.07, 6.45) is 4.11. The standard InChI is InChI=1S/C18H17N5O4S/c1-12-4-2-5-13(8-12)9-21-28(26,27)23-17-15(18(24)25)11-20-16(22-17)14-6-3-7-19-10-14/h2-8,10-11,21H,9H2,1H3,(H,24,25)(H,20,22,23). The monoisotopic (exact) mass is 399 g/mol. The smallest absolute Gasteiger partial charge is 0.341 e. The molecule has 28 heavy (non-hydrogen) atoms. The third-order valence-electron chi connectivity index (χ3n) is 3.72. The van der Waals surface area contributed by atoms with Crippen LogP contribution in [0.5, 0.6) is 0 Å². The molecule has 0 unspecified atom stereocenters. The van der Waals surface area contributed by atoms with Crippen LogP contribution in [0.4, 0.5) is 5.82 Å². The minimum absolute atomic E-state index is 0.0416. The van der Waals surface area contributed by atoms with E-state index in [0.29, 0.717) is 5.56 Å². The Labute approximate surface area is 161 Å². The normalized spacial score (nSPS) is 11.2. The lowest BCUT2D eigenvalue weighted by Crippen LogP contribution is -2.31. The molecule has 2 aromatic heterocycles. The Bertz CT molecular complexity index is 1100. The number of nitrogens with zero attached hydrogens (tertiary/aromatic N) is 3. The fraction of sp³-hybridized carbons (Fsp3) is 0.111. The SMILES string of the molecule is Cc1cccc(CNS(=O)(=O)Nc2nc(-c3cccnc3)ncc2C(=O)O)c1. The van der Waals surface area contributed by atoms with E-state index in [4.69, 9.17) is 0 Å². The predicted octanol–water partition coefficient (Wildman–Crippen LogP) is 1.99. The lowest BCUT2D eigenvalue weighted by Gasteiger charge is -2.12. The van der Waals surface area contributed by atoms with Crippen molar-refractivity contribution in [3.8, 4) is 11.4 Å². The van der Waals surface area contributed by atoms with E-state index in [-0.39, 0.29) is 23.8 Å². The van der Waals surface area contributed by atoms with Gasteiger partial charge in [-0.15, -0.1) is 0 Å². The van der Waals surface area contributed by atoms with Gasteiger partial charge in [-0.3, -0.25) is 9.71 Å². The topological polar surface area (TPSA) is 134 Å². The quantitative estimate of drug-likeness (QED) is 0.553. The summed E-state index contributed by atoms with van der Waals surface area (Å²) in [5.41, 5.74) is 1.92. The van der Waals surface area contributed by atoms with Crippen LogP contribution in [0.3, 0.4) is 0 Å². The zero-order chi connectivity index (χ0) is 20.1. The van der Waals surface area contributed by atoms with Crippen LogP contribution in [0.2, 0.25) is 0 Å². The predicted molar refractivity (Wildman–Crippen MR) is 103 cm³/mol. The van der Waals surface area contributed by atoms with Gasteiger partial charge >= 0.3 is 16.2 Å². The second-order valence-corrected chi connectivity index (χ2v) is 7.42. The largest absolute Gasteiger partial charge is 0.477 e. The van der Waals surface area contributed by atoms with E-state index >= 15 is 0 Å². The Morgan fingerprint density at radius 1 is 1.18 bits per heavy atom. The molecule has 1 aromatic carbocycles. The van der Waals surface area contributed by atoms with Crippen LogP contribution in [-0.4, -0.2) is 34.4 Å². The summed E-state index contributed by atoms with van der Waals surface area (Å²) in [4.78, 5) is 23.4. The van der Waals surface area contributed by atoms with Crippen LogP contribution >= 0.6 is 0 Å². The molecule has 2 heterocycles. The Hall–Kier alpha value is -3.37. The molecule has 0 aliphatic carbocycles. The van der Waals surface area contributed by atoms with E-state index < -0.39 is 16.2 Å². The maximum atomic E-state index is 12.4. The highest BCUT2D eigenvalue weighted by molar-refractivity contribution is 7.90.